The van der Waals surface area contributed by atoms with Gasteiger partial charge in [0, 0.05) is 43.7 Å². The molecule has 0 aromatic carbocycles. The molecule has 12 unspecified atom stereocenters. The van der Waals surface area contributed by atoms with Gasteiger partial charge in [0.15, 0.2) is 0 Å². The number of aliphatic hydroxyl groups is 1. The Hall–Kier alpha value is -1.01. The number of esters is 2. The van der Waals surface area contributed by atoms with Gasteiger partial charge in [0.2, 0.25) is 0 Å². The Labute approximate surface area is 397 Å². The van der Waals surface area contributed by atoms with Gasteiger partial charge in [0.25, 0.3) is 5.60 Å². The van der Waals surface area contributed by atoms with Gasteiger partial charge in [0.05, 0.1) is 11.8 Å². The van der Waals surface area contributed by atoms with Crippen LogP contribution in [-0.4, -0.2) is 64.7 Å². The molecule has 21 heteroatoms. The summed E-state index contributed by atoms with van der Waals surface area (Å²) >= 11 is 4.24. The Morgan fingerprint density at radius 3 is 1.09 bits per heavy atom. The van der Waals surface area contributed by atoms with Gasteiger partial charge in [-0.15, -0.1) is 0 Å². The van der Waals surface area contributed by atoms with Gasteiger partial charge < -0.3 is 19.3 Å². The molecule has 4 saturated carbocycles. The molecule has 388 valence electrons. The first kappa shape index (κ1) is 72.0. The van der Waals surface area contributed by atoms with Crippen molar-refractivity contribution in [2.45, 2.75) is 187 Å². The van der Waals surface area contributed by atoms with Gasteiger partial charge in [-0.05, 0) is 112 Å². The molecule has 12 atom stereocenters. The van der Waals surface area contributed by atoms with Crippen molar-refractivity contribution in [1.82, 2.24) is 0 Å². The van der Waals surface area contributed by atoms with E-state index in [1.165, 1.54) is 20.8 Å². The van der Waals surface area contributed by atoms with E-state index in [4.69, 9.17) is 0 Å². The lowest BCUT2D eigenvalue weighted by molar-refractivity contribution is -0.374. The number of carbonyl (C=O) groups is 3. The van der Waals surface area contributed by atoms with Crippen molar-refractivity contribution in [2.75, 3.05) is 0 Å². The highest BCUT2D eigenvalue weighted by molar-refractivity contribution is 15.0. The molecule has 5 aliphatic rings. The van der Waals surface area contributed by atoms with E-state index in [2.05, 4.69) is 51.4 Å². The number of rotatable bonds is 5. The molecule has 0 radical (unpaired) electrons. The highest BCUT2D eigenvalue weighted by Crippen LogP contribution is 2.61. The zero-order valence-corrected chi connectivity index (χ0v) is 37.7. The minimum atomic E-state index is -5.81. The molecule has 1 heterocycles. The summed E-state index contributed by atoms with van der Waals surface area (Å²) in [5.74, 6) is -2.16. The quantitative estimate of drug-likeness (QED) is 0.127. The first-order chi connectivity index (χ1) is 26.0. The first-order valence-electron chi connectivity index (χ1n) is 18.8. The van der Waals surface area contributed by atoms with Crippen LogP contribution in [0.3, 0.4) is 0 Å². The summed E-state index contributed by atoms with van der Waals surface area (Å²) in [6.07, 6.45) is -25.6. The van der Waals surface area contributed by atoms with Crippen LogP contribution in [0, 0.1) is 71.0 Å². The summed E-state index contributed by atoms with van der Waals surface area (Å²) in [4.78, 5) is 32.9. The van der Waals surface area contributed by atoms with E-state index in [1.807, 2.05) is 27.7 Å². The fraction of sp³-hybridized carbons (Fsp3) is 0.930. The van der Waals surface area contributed by atoms with E-state index in [0.29, 0.717) is 25.2 Å². The standard InChI is InChI=1S/C18H26F6O3.C13H18F6O.C6H8O3.6CH4.I2/c1-9-10(2)13-7-11(9)6-12(13)8-16(17(19,20)21,18(22,23)24)27-14(25)26-15(3,4)5;1-6-7(2)10-4-8(6)3-9(10)5-11(20,12(14,15)16)13(17,18)19;1-3-4(2)6(8)9-5(3)7;;;;;;;1-2/h9-13H,6-8H2,1-5H3;6-10,20H,3-5H2,1-2H3;3-4H,1-2H3;6*1H4;. The van der Waals surface area contributed by atoms with E-state index in [9.17, 15) is 72.2 Å². The Morgan fingerprint density at radius 1 is 0.562 bits per heavy atom. The number of hydrogen-bond donors (Lipinski definition) is 1. The Balaban J connectivity index is -0.000000278. The van der Waals surface area contributed by atoms with Crippen LogP contribution in [0.25, 0.3) is 0 Å². The molecule has 5 rings (SSSR count). The molecule has 64 heavy (non-hydrogen) atoms. The Bertz CT molecular complexity index is 1380. The number of fused-ring (bicyclic) bond motifs is 4. The van der Waals surface area contributed by atoms with Gasteiger partial charge in [-0.3, -0.25) is 9.59 Å². The Kier molecular flexibility index (Phi) is 28.7. The van der Waals surface area contributed by atoms with E-state index >= 15 is 0 Å². The number of halogens is 14. The van der Waals surface area contributed by atoms with Crippen molar-refractivity contribution < 1.29 is 86.4 Å². The van der Waals surface area contributed by atoms with Gasteiger partial charge in [-0.25, -0.2) is 4.79 Å². The van der Waals surface area contributed by atoms with Crippen molar-refractivity contribution in [3.63, 3.8) is 0 Å². The smallest absolute Gasteiger partial charge is 0.429 e. The molecule has 0 amide bonds. The maximum Gasteiger partial charge on any atom is 0.510 e. The lowest BCUT2D eigenvalue weighted by atomic mass is 9.71. The predicted octanol–water partition coefficient (Wildman–Crippen LogP) is 16.2. The number of hydrogen-bond acceptors (Lipinski definition) is 7. The number of ether oxygens (including phenoxy) is 3. The zero-order valence-electron chi connectivity index (χ0n) is 33.4. The van der Waals surface area contributed by atoms with Gasteiger partial charge in [-0.1, -0.05) is 86.1 Å². The lowest BCUT2D eigenvalue weighted by Gasteiger charge is -2.41. The molecule has 1 N–H and O–H groups in total. The second-order valence-corrected chi connectivity index (χ2v) is 17.7. The normalized spacial score (nSPS) is 30.5. The molecule has 0 aromatic heterocycles. The summed E-state index contributed by atoms with van der Waals surface area (Å²) in [5, 5.41) is 9.28. The molecule has 5 fully saturated rings. The fourth-order valence-electron chi connectivity index (χ4n) is 9.45. The first-order valence-corrected chi connectivity index (χ1v) is 25.1. The molecular weight excluding hydrogens is 1110 g/mol. The van der Waals surface area contributed by atoms with Crippen LogP contribution in [0.15, 0.2) is 0 Å². The molecule has 0 aromatic rings. The second-order valence-electron chi connectivity index (χ2n) is 17.7. The van der Waals surface area contributed by atoms with Crippen molar-refractivity contribution in [3.8, 4) is 0 Å². The van der Waals surface area contributed by atoms with Crippen LogP contribution >= 0.6 is 37.2 Å². The summed E-state index contributed by atoms with van der Waals surface area (Å²) in [6.45, 7) is 15.1. The van der Waals surface area contributed by atoms with Crippen molar-refractivity contribution >= 4 is 55.3 Å². The predicted molar refractivity (Wildman–Crippen MR) is 242 cm³/mol. The van der Waals surface area contributed by atoms with E-state index < -0.39 is 84.3 Å². The molecule has 7 nitrogen and oxygen atoms in total. The maximum absolute atomic E-state index is 13.7. The molecule has 1 aliphatic heterocycles. The van der Waals surface area contributed by atoms with Crippen LogP contribution < -0.4 is 0 Å². The Morgan fingerprint density at radius 2 is 0.875 bits per heavy atom. The summed E-state index contributed by atoms with van der Waals surface area (Å²) in [7, 11) is 0. The SMILES string of the molecule is C.C.C.C.C.C.CC1C(=O)OC(=O)C1C.CC1C2CC(CC(O)(C(F)(F)F)C(F)(F)F)C(C2)C1C.CC1C2CC(CC(OC(=O)OC(C)(C)C)(C(F)(F)F)C(F)(F)F)C(C2)C1C.II. The summed E-state index contributed by atoms with van der Waals surface area (Å²) in [5.41, 5.74) is -10.4. The fourth-order valence-corrected chi connectivity index (χ4v) is 9.45. The van der Waals surface area contributed by atoms with Crippen LogP contribution in [0.4, 0.5) is 57.5 Å². The second kappa shape index (κ2) is 25.6. The topological polar surface area (TPSA) is 99.1 Å². The third kappa shape index (κ3) is 15.5. The largest absolute Gasteiger partial charge is 0.510 e. The average molecular weight is 1190 g/mol. The molecule has 1 saturated heterocycles. The third-order valence-corrected chi connectivity index (χ3v) is 13.4. The summed E-state index contributed by atoms with van der Waals surface area (Å²) < 4.78 is 171. The van der Waals surface area contributed by atoms with E-state index in [1.54, 1.807) is 13.8 Å². The van der Waals surface area contributed by atoms with Crippen LogP contribution in [0.1, 0.15) is 145 Å². The van der Waals surface area contributed by atoms with Crippen LogP contribution in [0.2, 0.25) is 0 Å². The average Bonchev–Trinajstić information content (AvgIpc) is 3.84. The van der Waals surface area contributed by atoms with Crippen LogP contribution in [0.5, 0.6) is 0 Å². The minimum Gasteiger partial charge on any atom is -0.429 e. The van der Waals surface area contributed by atoms with Crippen molar-refractivity contribution in [3.05, 3.63) is 0 Å². The highest BCUT2D eigenvalue weighted by atomic mass is 128. The number of cyclic esters (lactones) is 2. The van der Waals surface area contributed by atoms with Crippen LogP contribution in [-0.2, 0) is 23.8 Å². The van der Waals surface area contributed by atoms with Gasteiger partial charge >= 0.3 is 48.4 Å². The van der Waals surface area contributed by atoms with E-state index in [0.717, 1.165) is 0 Å². The monoisotopic (exact) mass is 1190 g/mol. The highest BCUT2D eigenvalue weighted by Gasteiger charge is 2.76. The number of carbonyl (C=O) groups excluding carboxylic acids is 3. The minimum absolute atomic E-state index is 0. The van der Waals surface area contributed by atoms with Crippen molar-refractivity contribution in [1.29, 1.82) is 0 Å². The number of alkyl halides is 12. The molecule has 4 bridgehead atoms. The van der Waals surface area contributed by atoms with Gasteiger partial charge in [0.1, 0.15) is 5.60 Å². The van der Waals surface area contributed by atoms with E-state index in [-0.39, 0.29) is 104 Å². The lowest BCUT2D eigenvalue weighted by Crippen LogP contribution is -2.61. The summed E-state index contributed by atoms with van der Waals surface area (Å²) in [6, 6.07) is 0. The van der Waals surface area contributed by atoms with Crippen molar-refractivity contribution in [2.24, 2.45) is 71.0 Å². The molecular formula is C43H76F12I2O7. The molecule has 0 spiro atoms. The third-order valence-electron chi connectivity index (χ3n) is 13.4. The zero-order chi connectivity index (χ0) is 45.5. The maximum atomic E-state index is 13.7. The van der Waals surface area contributed by atoms with Gasteiger partial charge in [-0.2, -0.15) is 52.7 Å². The molecule has 4 aliphatic carbocycles.